The van der Waals surface area contributed by atoms with Crippen molar-refractivity contribution in [1.82, 2.24) is 24.1 Å². The molecular weight excluding hydrogens is 699 g/mol. The van der Waals surface area contributed by atoms with Gasteiger partial charge in [-0.25, -0.2) is 15.0 Å². The Morgan fingerprint density at radius 1 is 0.333 bits per heavy atom. The normalized spacial score (nSPS) is 11.9. The van der Waals surface area contributed by atoms with Crippen molar-refractivity contribution < 1.29 is 4.42 Å². The predicted molar refractivity (Wildman–Crippen MR) is 232 cm³/mol. The maximum absolute atomic E-state index is 6.45. The summed E-state index contributed by atoms with van der Waals surface area (Å²) in [4.78, 5) is 15.0. The summed E-state index contributed by atoms with van der Waals surface area (Å²) in [5.41, 5.74) is 11.2. The molecule has 0 radical (unpaired) electrons. The maximum Gasteiger partial charge on any atom is 0.164 e. The molecule has 57 heavy (non-hydrogen) atoms. The number of rotatable bonds is 5. The average molecular weight is 730 g/mol. The van der Waals surface area contributed by atoms with Crippen LogP contribution in [-0.2, 0) is 0 Å². The van der Waals surface area contributed by atoms with Crippen molar-refractivity contribution in [2.45, 2.75) is 0 Å². The Morgan fingerprint density at radius 2 is 0.877 bits per heavy atom. The van der Waals surface area contributed by atoms with Crippen LogP contribution in [0.2, 0.25) is 0 Å². The van der Waals surface area contributed by atoms with Crippen LogP contribution in [0.1, 0.15) is 0 Å². The van der Waals surface area contributed by atoms with Crippen molar-refractivity contribution in [1.29, 1.82) is 0 Å². The van der Waals surface area contributed by atoms with E-state index in [1.807, 2.05) is 66.7 Å². The van der Waals surface area contributed by atoms with Crippen LogP contribution in [0.4, 0.5) is 0 Å². The maximum atomic E-state index is 6.45. The fourth-order valence-corrected chi connectivity index (χ4v) is 8.69. The minimum Gasteiger partial charge on any atom is -0.456 e. The van der Waals surface area contributed by atoms with Crippen LogP contribution in [0, 0.1) is 0 Å². The minimum atomic E-state index is 0.619. The van der Waals surface area contributed by atoms with Gasteiger partial charge in [-0.1, -0.05) is 133 Å². The Kier molecular flexibility index (Phi) is 6.83. The van der Waals surface area contributed by atoms with Gasteiger partial charge in [-0.2, -0.15) is 0 Å². The molecule has 0 spiro atoms. The van der Waals surface area contributed by atoms with Crippen LogP contribution in [0.5, 0.6) is 0 Å². The lowest BCUT2D eigenvalue weighted by Crippen LogP contribution is -2.01. The molecule has 0 atom stereocenters. The lowest BCUT2D eigenvalue weighted by molar-refractivity contribution is 0.669. The third-order valence-electron chi connectivity index (χ3n) is 11.1. The first kappa shape index (κ1) is 31.5. The molecule has 0 aliphatic heterocycles. The second kappa shape index (κ2) is 12.3. The van der Waals surface area contributed by atoms with Gasteiger partial charge in [0.15, 0.2) is 17.5 Å². The highest BCUT2D eigenvalue weighted by Crippen LogP contribution is 2.45. The molecular formula is C51H31N5O. The highest BCUT2D eigenvalue weighted by Gasteiger charge is 2.24. The van der Waals surface area contributed by atoms with Crippen molar-refractivity contribution in [3.05, 3.63) is 188 Å². The zero-order valence-electron chi connectivity index (χ0n) is 30.5. The van der Waals surface area contributed by atoms with Gasteiger partial charge >= 0.3 is 0 Å². The molecule has 6 nitrogen and oxygen atoms in total. The molecule has 0 unspecified atom stereocenters. The summed E-state index contributed by atoms with van der Waals surface area (Å²) in [7, 11) is 0. The van der Waals surface area contributed by atoms with E-state index in [2.05, 4.69) is 130 Å². The van der Waals surface area contributed by atoms with E-state index in [0.717, 1.165) is 72.1 Å². The third kappa shape index (κ3) is 4.81. The van der Waals surface area contributed by atoms with Gasteiger partial charge in [0.25, 0.3) is 0 Å². The van der Waals surface area contributed by atoms with E-state index in [9.17, 15) is 0 Å². The highest BCUT2D eigenvalue weighted by molar-refractivity contribution is 6.30. The number of para-hydroxylation sites is 3. The molecule has 4 aromatic heterocycles. The summed E-state index contributed by atoms with van der Waals surface area (Å²) in [6.07, 6.45) is 0. The molecule has 6 heteroatoms. The van der Waals surface area contributed by atoms with Gasteiger partial charge in [-0.15, -0.1) is 0 Å². The molecule has 0 bridgehead atoms. The quantitative estimate of drug-likeness (QED) is 0.177. The zero-order chi connectivity index (χ0) is 37.5. The number of benzene rings is 8. The molecule has 0 N–H and O–H groups in total. The molecule has 0 saturated heterocycles. The van der Waals surface area contributed by atoms with E-state index in [0.29, 0.717) is 17.5 Å². The topological polar surface area (TPSA) is 61.7 Å². The smallest absolute Gasteiger partial charge is 0.164 e. The lowest BCUT2D eigenvalue weighted by atomic mass is 10.1. The van der Waals surface area contributed by atoms with Crippen LogP contribution in [0.3, 0.4) is 0 Å². The Balaban J connectivity index is 1.15. The largest absolute Gasteiger partial charge is 0.456 e. The molecule has 4 heterocycles. The number of nitrogens with zero attached hydrogens (tertiary/aromatic N) is 5. The van der Waals surface area contributed by atoms with Crippen molar-refractivity contribution in [2.75, 3.05) is 0 Å². The third-order valence-corrected chi connectivity index (χ3v) is 11.1. The zero-order valence-corrected chi connectivity index (χ0v) is 30.5. The van der Waals surface area contributed by atoms with Crippen molar-refractivity contribution in [2.24, 2.45) is 0 Å². The van der Waals surface area contributed by atoms with Crippen LogP contribution in [0.15, 0.2) is 192 Å². The summed E-state index contributed by atoms with van der Waals surface area (Å²) in [5, 5.41) is 6.97. The number of furan rings is 1. The SMILES string of the molecule is c1ccc(-c2nc(-c3ccccc3)nc(-c3cccc(-n4c5ccccc5c5c4ccc4c6ccc7oc8ccccc8c7c6n(-c6ccccc6)c45)c3)n2)cc1. The number of fused-ring (bicyclic) bond motifs is 11. The van der Waals surface area contributed by atoms with E-state index in [4.69, 9.17) is 19.4 Å². The Morgan fingerprint density at radius 3 is 1.60 bits per heavy atom. The monoisotopic (exact) mass is 729 g/mol. The predicted octanol–water partition coefficient (Wildman–Crippen LogP) is 13.0. The van der Waals surface area contributed by atoms with Crippen LogP contribution < -0.4 is 0 Å². The first-order valence-corrected chi connectivity index (χ1v) is 19.1. The van der Waals surface area contributed by atoms with Gasteiger partial charge in [0.2, 0.25) is 0 Å². The molecule has 266 valence electrons. The van der Waals surface area contributed by atoms with Crippen molar-refractivity contribution in [3.8, 4) is 45.5 Å². The van der Waals surface area contributed by atoms with Gasteiger partial charge in [-0.3, -0.25) is 0 Å². The summed E-state index contributed by atoms with van der Waals surface area (Å²) in [6.45, 7) is 0. The van der Waals surface area contributed by atoms with Crippen LogP contribution >= 0.6 is 0 Å². The second-order valence-corrected chi connectivity index (χ2v) is 14.4. The minimum absolute atomic E-state index is 0.619. The molecule has 0 aliphatic rings. The van der Waals surface area contributed by atoms with Crippen LogP contribution in [0.25, 0.3) is 111 Å². The molecule has 0 fully saturated rings. The molecule has 0 amide bonds. The van der Waals surface area contributed by atoms with Gasteiger partial charge < -0.3 is 13.6 Å². The lowest BCUT2D eigenvalue weighted by Gasteiger charge is -2.12. The summed E-state index contributed by atoms with van der Waals surface area (Å²) in [5.74, 6) is 1.89. The van der Waals surface area contributed by atoms with Gasteiger partial charge in [0.1, 0.15) is 11.2 Å². The fourth-order valence-electron chi connectivity index (χ4n) is 8.69. The summed E-state index contributed by atoms with van der Waals surface area (Å²) >= 11 is 0. The Labute approximate surface area is 326 Å². The van der Waals surface area contributed by atoms with Gasteiger partial charge in [0.05, 0.1) is 27.5 Å². The van der Waals surface area contributed by atoms with Crippen molar-refractivity contribution in [3.63, 3.8) is 0 Å². The first-order valence-electron chi connectivity index (χ1n) is 19.1. The summed E-state index contributed by atoms with van der Waals surface area (Å²) < 4.78 is 11.3. The number of hydrogen-bond donors (Lipinski definition) is 0. The van der Waals surface area contributed by atoms with E-state index < -0.39 is 0 Å². The standard InChI is InChI=1S/C51H31N5O/c1-4-15-32(16-5-1)49-52-50(33-17-6-2-7-18-33)54-51(53-49)34-19-14-22-36(31-34)55-41-25-12-10-23-39(41)45-42(55)29-27-37-38-28-30-44-46(40-24-11-13-26-43(40)57-44)48(38)56(47(37)45)35-20-8-3-9-21-35/h1-31H. The highest BCUT2D eigenvalue weighted by atomic mass is 16.3. The van der Waals surface area contributed by atoms with E-state index in [1.165, 1.54) is 21.5 Å². The molecule has 12 rings (SSSR count). The number of aromatic nitrogens is 5. The average Bonchev–Trinajstić information content (AvgIpc) is 3.95. The van der Waals surface area contributed by atoms with Crippen LogP contribution in [-0.4, -0.2) is 24.1 Å². The summed E-state index contributed by atoms with van der Waals surface area (Å²) in [6, 6.07) is 65.5. The second-order valence-electron chi connectivity index (χ2n) is 14.4. The molecule has 0 saturated carbocycles. The Hall–Kier alpha value is -7.83. The van der Waals surface area contributed by atoms with E-state index >= 15 is 0 Å². The molecule has 12 aromatic rings. The van der Waals surface area contributed by atoms with Gasteiger partial charge in [0, 0.05) is 55.0 Å². The fraction of sp³-hybridized carbons (Fsp3) is 0. The molecule has 8 aromatic carbocycles. The first-order chi connectivity index (χ1) is 28.3. The van der Waals surface area contributed by atoms with E-state index in [-0.39, 0.29) is 0 Å². The number of hydrogen-bond acceptors (Lipinski definition) is 4. The van der Waals surface area contributed by atoms with Crippen molar-refractivity contribution >= 4 is 65.6 Å². The Bertz CT molecular complexity index is 3450. The van der Waals surface area contributed by atoms with E-state index in [1.54, 1.807) is 0 Å². The van der Waals surface area contributed by atoms with Gasteiger partial charge in [-0.05, 0) is 54.6 Å². The molecule has 0 aliphatic carbocycles.